The molecule has 0 aliphatic heterocycles. The molecule has 0 saturated carbocycles. The number of hydrogen-bond donors (Lipinski definition) is 1. The third-order valence-electron chi connectivity index (χ3n) is 3.80. The number of fused-ring (bicyclic) bond motifs is 3. The van der Waals surface area contributed by atoms with E-state index in [2.05, 4.69) is 10.1 Å². The predicted octanol–water partition coefficient (Wildman–Crippen LogP) is 2.98. The maximum atomic E-state index is 12.7. The first kappa shape index (κ1) is 15.0. The van der Waals surface area contributed by atoms with Crippen LogP contribution in [0.4, 0.5) is 5.95 Å². The standard InChI is InChI=1S/C16H11Cl2N5O/c17-11-6-3-4-9(13(11)18)8-22-16(24)23-14(21-22)10-5-1-2-7-12(10)20-15(23)19/h1-7H,8H2,(H2,19,20). The molecule has 2 aromatic carbocycles. The zero-order valence-electron chi connectivity index (χ0n) is 12.3. The van der Waals surface area contributed by atoms with Crippen molar-refractivity contribution < 1.29 is 0 Å². The Morgan fingerprint density at radius 3 is 2.71 bits per heavy atom. The van der Waals surface area contributed by atoms with Crippen LogP contribution in [0, 0.1) is 0 Å². The van der Waals surface area contributed by atoms with E-state index in [1.165, 1.54) is 9.08 Å². The lowest BCUT2D eigenvalue weighted by molar-refractivity contribution is 0.659. The van der Waals surface area contributed by atoms with Gasteiger partial charge in [0.2, 0.25) is 5.95 Å². The molecule has 24 heavy (non-hydrogen) atoms. The highest BCUT2D eigenvalue weighted by molar-refractivity contribution is 6.42. The fraction of sp³-hybridized carbons (Fsp3) is 0.0625. The van der Waals surface area contributed by atoms with Crippen molar-refractivity contribution in [3.05, 3.63) is 68.6 Å². The van der Waals surface area contributed by atoms with Gasteiger partial charge in [-0.1, -0.05) is 47.5 Å². The Hall–Kier alpha value is -2.57. The molecular formula is C16H11Cl2N5O. The van der Waals surface area contributed by atoms with Crippen LogP contribution in [0.3, 0.4) is 0 Å². The van der Waals surface area contributed by atoms with Gasteiger partial charge in [0.1, 0.15) is 0 Å². The minimum Gasteiger partial charge on any atom is -0.369 e. The number of nitrogens with two attached hydrogens (primary N) is 1. The van der Waals surface area contributed by atoms with Crippen LogP contribution in [0.15, 0.2) is 47.3 Å². The summed E-state index contributed by atoms with van der Waals surface area (Å²) >= 11 is 12.2. The first-order valence-electron chi connectivity index (χ1n) is 7.13. The van der Waals surface area contributed by atoms with Gasteiger partial charge >= 0.3 is 5.69 Å². The highest BCUT2D eigenvalue weighted by atomic mass is 35.5. The molecule has 0 aliphatic carbocycles. The summed E-state index contributed by atoms with van der Waals surface area (Å²) in [5.74, 6) is 0.0946. The first-order valence-corrected chi connectivity index (χ1v) is 7.88. The highest BCUT2D eigenvalue weighted by Gasteiger charge is 2.15. The van der Waals surface area contributed by atoms with Gasteiger partial charge in [-0.2, -0.15) is 0 Å². The quantitative estimate of drug-likeness (QED) is 0.596. The lowest BCUT2D eigenvalue weighted by atomic mass is 10.2. The van der Waals surface area contributed by atoms with E-state index in [-0.39, 0.29) is 18.2 Å². The van der Waals surface area contributed by atoms with Gasteiger partial charge in [0, 0.05) is 5.39 Å². The Balaban J connectivity index is 1.96. The highest BCUT2D eigenvalue weighted by Crippen LogP contribution is 2.26. The molecule has 2 heterocycles. The molecule has 6 nitrogen and oxygen atoms in total. The second kappa shape index (κ2) is 5.51. The number of hydrogen-bond acceptors (Lipinski definition) is 4. The first-order chi connectivity index (χ1) is 11.6. The maximum Gasteiger partial charge on any atom is 0.353 e. The Bertz CT molecular complexity index is 1150. The number of rotatable bonds is 2. The number of nitrogens with zero attached hydrogens (tertiary/aromatic N) is 4. The average molecular weight is 360 g/mol. The molecular weight excluding hydrogens is 349 g/mol. The van der Waals surface area contributed by atoms with Crippen LogP contribution in [-0.2, 0) is 6.54 Å². The third-order valence-corrected chi connectivity index (χ3v) is 4.66. The van der Waals surface area contributed by atoms with E-state index in [1.54, 1.807) is 18.2 Å². The minimum absolute atomic E-state index is 0.0946. The molecule has 0 spiro atoms. The largest absolute Gasteiger partial charge is 0.369 e. The molecule has 120 valence electrons. The summed E-state index contributed by atoms with van der Waals surface area (Å²) in [6.45, 7) is 0.188. The molecule has 0 aliphatic rings. The smallest absolute Gasteiger partial charge is 0.353 e. The molecule has 2 N–H and O–H groups in total. The Morgan fingerprint density at radius 1 is 1.08 bits per heavy atom. The van der Waals surface area contributed by atoms with Crippen molar-refractivity contribution in [3.8, 4) is 0 Å². The van der Waals surface area contributed by atoms with Crippen molar-refractivity contribution in [3.63, 3.8) is 0 Å². The number of benzene rings is 2. The topological polar surface area (TPSA) is 78.2 Å². The number of para-hydroxylation sites is 1. The summed E-state index contributed by atoms with van der Waals surface area (Å²) in [6.07, 6.45) is 0. The molecule has 0 radical (unpaired) electrons. The van der Waals surface area contributed by atoms with Gasteiger partial charge in [0.25, 0.3) is 0 Å². The van der Waals surface area contributed by atoms with Crippen LogP contribution < -0.4 is 11.4 Å². The Labute approximate surface area is 146 Å². The molecule has 8 heteroatoms. The lowest BCUT2D eigenvalue weighted by Gasteiger charge is -2.04. The second-order valence-corrected chi connectivity index (χ2v) is 6.08. The summed E-state index contributed by atoms with van der Waals surface area (Å²) < 4.78 is 2.60. The van der Waals surface area contributed by atoms with E-state index < -0.39 is 0 Å². The van der Waals surface area contributed by atoms with Crippen LogP contribution in [0.1, 0.15) is 5.56 Å². The van der Waals surface area contributed by atoms with E-state index in [4.69, 9.17) is 28.9 Å². The van der Waals surface area contributed by atoms with Crippen LogP contribution in [0.2, 0.25) is 10.0 Å². The second-order valence-electron chi connectivity index (χ2n) is 5.30. The summed E-state index contributed by atoms with van der Waals surface area (Å²) in [6, 6.07) is 12.6. The van der Waals surface area contributed by atoms with Crippen molar-refractivity contribution in [2.75, 3.05) is 5.73 Å². The zero-order valence-corrected chi connectivity index (χ0v) is 13.8. The summed E-state index contributed by atoms with van der Waals surface area (Å²) in [5.41, 5.74) is 7.40. The third kappa shape index (κ3) is 2.23. The molecule has 0 atom stereocenters. The van der Waals surface area contributed by atoms with E-state index in [9.17, 15) is 4.79 Å². The van der Waals surface area contributed by atoms with Crippen LogP contribution in [0.5, 0.6) is 0 Å². The van der Waals surface area contributed by atoms with Crippen molar-refractivity contribution in [1.29, 1.82) is 0 Å². The van der Waals surface area contributed by atoms with Gasteiger partial charge in [-0.15, -0.1) is 5.10 Å². The van der Waals surface area contributed by atoms with Gasteiger partial charge in [0.15, 0.2) is 5.65 Å². The van der Waals surface area contributed by atoms with E-state index >= 15 is 0 Å². The van der Waals surface area contributed by atoms with Gasteiger partial charge in [0.05, 0.1) is 22.1 Å². The molecule has 0 bridgehead atoms. The van der Waals surface area contributed by atoms with Gasteiger partial charge in [-0.3, -0.25) is 0 Å². The lowest BCUT2D eigenvalue weighted by Crippen LogP contribution is -2.23. The Kier molecular flexibility index (Phi) is 3.44. The maximum absolute atomic E-state index is 12.7. The summed E-state index contributed by atoms with van der Waals surface area (Å²) in [5, 5.41) is 5.99. The minimum atomic E-state index is -0.378. The number of nitrogen functional groups attached to an aromatic ring is 1. The molecule has 0 unspecified atom stereocenters. The van der Waals surface area contributed by atoms with E-state index in [1.807, 2.05) is 24.3 Å². The van der Waals surface area contributed by atoms with Crippen molar-refractivity contribution in [2.24, 2.45) is 0 Å². The molecule has 4 rings (SSSR count). The number of aromatic nitrogens is 4. The monoisotopic (exact) mass is 359 g/mol. The molecule has 4 aromatic rings. The molecule has 0 saturated heterocycles. The average Bonchev–Trinajstić information content (AvgIpc) is 2.90. The van der Waals surface area contributed by atoms with Crippen LogP contribution in [0.25, 0.3) is 16.6 Å². The van der Waals surface area contributed by atoms with Gasteiger partial charge in [-0.05, 0) is 23.8 Å². The predicted molar refractivity (Wildman–Crippen MR) is 94.7 cm³/mol. The van der Waals surface area contributed by atoms with Crippen molar-refractivity contribution in [2.45, 2.75) is 6.54 Å². The van der Waals surface area contributed by atoms with Crippen LogP contribution in [-0.4, -0.2) is 19.2 Å². The normalized spacial score (nSPS) is 11.4. The number of halogens is 2. The Morgan fingerprint density at radius 2 is 1.88 bits per heavy atom. The summed E-state index contributed by atoms with van der Waals surface area (Å²) in [4.78, 5) is 16.9. The molecule has 0 fully saturated rings. The zero-order chi connectivity index (χ0) is 16.8. The van der Waals surface area contributed by atoms with Crippen molar-refractivity contribution >= 4 is 45.7 Å². The fourth-order valence-corrected chi connectivity index (χ4v) is 3.04. The fourth-order valence-electron chi connectivity index (χ4n) is 2.66. The van der Waals surface area contributed by atoms with Gasteiger partial charge < -0.3 is 5.73 Å². The van der Waals surface area contributed by atoms with Gasteiger partial charge in [-0.25, -0.2) is 18.9 Å². The SMILES string of the molecule is Nc1nc2ccccc2c2nn(Cc3cccc(Cl)c3Cl)c(=O)n12. The van der Waals surface area contributed by atoms with Crippen LogP contribution >= 0.6 is 23.2 Å². The van der Waals surface area contributed by atoms with E-state index in [0.29, 0.717) is 26.8 Å². The van der Waals surface area contributed by atoms with Crippen molar-refractivity contribution in [1.82, 2.24) is 19.2 Å². The molecule has 0 amide bonds. The number of anilines is 1. The molecule has 2 aromatic heterocycles. The van der Waals surface area contributed by atoms with E-state index in [0.717, 1.165) is 5.39 Å². The summed E-state index contributed by atoms with van der Waals surface area (Å²) in [7, 11) is 0.